The van der Waals surface area contributed by atoms with Crippen molar-refractivity contribution in [1.82, 2.24) is 16.0 Å². The van der Waals surface area contributed by atoms with Gasteiger partial charge in [0.15, 0.2) is 0 Å². The first-order chi connectivity index (χ1) is 13.4. The average Bonchev–Trinajstić information content (AvgIpc) is 2.61. The number of nitrogens with two attached hydrogens (primary N) is 2. The van der Waals surface area contributed by atoms with Crippen LogP contribution in [0.15, 0.2) is 0 Å². The van der Waals surface area contributed by atoms with Gasteiger partial charge in [0.25, 0.3) is 0 Å². The molecule has 10 N–H and O–H groups in total. The molecule has 0 rings (SSSR count). The van der Waals surface area contributed by atoms with Crippen molar-refractivity contribution < 1.29 is 39.3 Å². The van der Waals surface area contributed by atoms with Crippen LogP contribution in [-0.4, -0.2) is 82.3 Å². The molecule has 0 aromatic carbocycles. The third-order valence-corrected chi connectivity index (χ3v) is 3.71. The molecule has 0 radical (unpaired) electrons. The van der Waals surface area contributed by atoms with E-state index < -0.39 is 73.4 Å². The molecule has 4 unspecified atom stereocenters. The summed E-state index contributed by atoms with van der Waals surface area (Å²) in [4.78, 5) is 58.2. The minimum absolute atomic E-state index is 0.113. The highest BCUT2D eigenvalue weighted by Crippen LogP contribution is 2.03. The van der Waals surface area contributed by atoms with Crippen LogP contribution >= 0.6 is 0 Å². The van der Waals surface area contributed by atoms with E-state index in [4.69, 9.17) is 16.6 Å². The molecule has 4 atom stereocenters. The lowest BCUT2D eigenvalue weighted by atomic mass is 10.0. The summed E-state index contributed by atoms with van der Waals surface area (Å²) in [5.74, 6) is -5.21. The first kappa shape index (κ1) is 26.2. The van der Waals surface area contributed by atoms with Gasteiger partial charge in [-0.3, -0.25) is 19.2 Å². The SMILES string of the molecule is CC(C)CC(N)C(=O)NC(CO)C(=O)NC(CO)C(=O)NC(CC(N)=O)C(=O)O. The van der Waals surface area contributed by atoms with Gasteiger partial charge in [0.1, 0.15) is 18.1 Å². The lowest BCUT2D eigenvalue weighted by Crippen LogP contribution is -2.59. The van der Waals surface area contributed by atoms with Crippen LogP contribution in [0.4, 0.5) is 0 Å². The number of rotatable bonds is 13. The second kappa shape index (κ2) is 12.6. The molecule has 0 heterocycles. The summed E-state index contributed by atoms with van der Waals surface area (Å²) in [6, 6.07) is -5.64. The summed E-state index contributed by atoms with van der Waals surface area (Å²) in [5.41, 5.74) is 10.6. The number of carboxylic acid groups (broad SMARTS) is 1. The molecule has 166 valence electrons. The van der Waals surface area contributed by atoms with Gasteiger partial charge in [0, 0.05) is 0 Å². The van der Waals surface area contributed by atoms with E-state index in [0.29, 0.717) is 6.42 Å². The summed E-state index contributed by atoms with van der Waals surface area (Å²) in [6.07, 6.45) is -0.361. The maximum absolute atomic E-state index is 12.2. The number of carbonyl (C=O) groups is 5. The number of hydrogen-bond donors (Lipinski definition) is 8. The highest BCUT2D eigenvalue weighted by molar-refractivity contribution is 5.95. The molecule has 0 aromatic heterocycles. The fourth-order valence-electron chi connectivity index (χ4n) is 2.23. The second-order valence-electron chi connectivity index (χ2n) is 6.79. The Hall–Kier alpha value is -2.77. The number of nitrogens with one attached hydrogen (secondary N) is 3. The number of carbonyl (C=O) groups excluding carboxylic acids is 4. The van der Waals surface area contributed by atoms with Gasteiger partial charge in [-0.2, -0.15) is 0 Å². The van der Waals surface area contributed by atoms with E-state index in [2.05, 4.69) is 10.6 Å². The largest absolute Gasteiger partial charge is 0.480 e. The Bertz CT molecular complexity index is 612. The first-order valence-electron chi connectivity index (χ1n) is 8.82. The van der Waals surface area contributed by atoms with Crippen molar-refractivity contribution in [2.45, 2.75) is 50.9 Å². The fraction of sp³-hybridized carbons (Fsp3) is 0.688. The molecule has 0 saturated carbocycles. The molecule has 4 amide bonds. The minimum atomic E-state index is -1.66. The highest BCUT2D eigenvalue weighted by Gasteiger charge is 2.30. The molecular weight excluding hydrogens is 390 g/mol. The van der Waals surface area contributed by atoms with Crippen molar-refractivity contribution in [1.29, 1.82) is 0 Å². The molecule has 0 spiro atoms. The molecule has 0 bridgehead atoms. The van der Waals surface area contributed by atoms with Crippen LogP contribution in [-0.2, 0) is 24.0 Å². The number of amides is 4. The topological polar surface area (TPSA) is 234 Å². The number of aliphatic carboxylic acids is 1. The van der Waals surface area contributed by atoms with E-state index >= 15 is 0 Å². The Labute approximate surface area is 167 Å². The quantitative estimate of drug-likeness (QED) is 0.144. The van der Waals surface area contributed by atoms with Gasteiger partial charge in [-0.1, -0.05) is 13.8 Å². The standard InChI is InChI=1S/C16H29N5O8/c1-7(2)3-8(17)13(25)20-10(5-22)15(27)21-11(6-23)14(26)19-9(16(28)29)4-12(18)24/h7-11,22-23H,3-6,17H2,1-2H3,(H2,18,24)(H,19,26)(H,20,25)(H,21,27)(H,28,29). The summed E-state index contributed by atoms with van der Waals surface area (Å²) in [5, 5.41) is 33.9. The molecule has 13 nitrogen and oxygen atoms in total. The van der Waals surface area contributed by atoms with Crippen molar-refractivity contribution in [3.05, 3.63) is 0 Å². The van der Waals surface area contributed by atoms with Gasteiger partial charge < -0.3 is 42.7 Å². The van der Waals surface area contributed by atoms with Crippen LogP contribution in [0.2, 0.25) is 0 Å². The predicted molar refractivity (Wildman–Crippen MR) is 98.8 cm³/mol. The van der Waals surface area contributed by atoms with E-state index in [-0.39, 0.29) is 5.92 Å². The van der Waals surface area contributed by atoms with Crippen molar-refractivity contribution in [2.24, 2.45) is 17.4 Å². The molecule has 0 aliphatic rings. The van der Waals surface area contributed by atoms with Crippen molar-refractivity contribution in [2.75, 3.05) is 13.2 Å². The van der Waals surface area contributed by atoms with Gasteiger partial charge in [0.05, 0.1) is 25.7 Å². The molecule has 29 heavy (non-hydrogen) atoms. The highest BCUT2D eigenvalue weighted by atomic mass is 16.4. The Balaban J connectivity index is 5.00. The summed E-state index contributed by atoms with van der Waals surface area (Å²) in [7, 11) is 0. The van der Waals surface area contributed by atoms with Gasteiger partial charge in [0.2, 0.25) is 23.6 Å². The van der Waals surface area contributed by atoms with Crippen LogP contribution in [0.5, 0.6) is 0 Å². The Morgan fingerprint density at radius 2 is 1.24 bits per heavy atom. The number of carboxylic acids is 1. The minimum Gasteiger partial charge on any atom is -0.480 e. The van der Waals surface area contributed by atoms with Crippen molar-refractivity contribution in [3.63, 3.8) is 0 Å². The lowest BCUT2D eigenvalue weighted by molar-refractivity contribution is -0.144. The Morgan fingerprint density at radius 3 is 1.59 bits per heavy atom. The molecular formula is C16H29N5O8. The van der Waals surface area contributed by atoms with Gasteiger partial charge in [-0.25, -0.2) is 4.79 Å². The normalized spacial score (nSPS) is 15.0. The maximum atomic E-state index is 12.2. The summed E-state index contributed by atoms with van der Waals surface area (Å²) >= 11 is 0. The van der Waals surface area contributed by atoms with Crippen LogP contribution in [0.1, 0.15) is 26.7 Å². The molecule has 0 saturated heterocycles. The Kier molecular flexibility index (Phi) is 11.4. The summed E-state index contributed by atoms with van der Waals surface area (Å²) in [6.45, 7) is 1.96. The number of aliphatic hydroxyl groups excluding tert-OH is 2. The predicted octanol–water partition coefficient (Wildman–Crippen LogP) is -4.24. The van der Waals surface area contributed by atoms with Crippen molar-refractivity contribution in [3.8, 4) is 0 Å². The molecule has 0 aliphatic carbocycles. The lowest BCUT2D eigenvalue weighted by Gasteiger charge is -2.23. The van der Waals surface area contributed by atoms with E-state index in [1.54, 1.807) is 0 Å². The smallest absolute Gasteiger partial charge is 0.326 e. The van der Waals surface area contributed by atoms with E-state index in [1.807, 2.05) is 19.2 Å². The van der Waals surface area contributed by atoms with Crippen LogP contribution in [0.3, 0.4) is 0 Å². The maximum Gasteiger partial charge on any atom is 0.326 e. The second-order valence-corrected chi connectivity index (χ2v) is 6.79. The molecule has 13 heteroatoms. The number of primary amides is 1. The average molecular weight is 419 g/mol. The third-order valence-electron chi connectivity index (χ3n) is 3.71. The van der Waals surface area contributed by atoms with E-state index in [0.717, 1.165) is 0 Å². The van der Waals surface area contributed by atoms with Crippen LogP contribution in [0, 0.1) is 5.92 Å². The number of hydrogen-bond acceptors (Lipinski definition) is 8. The van der Waals surface area contributed by atoms with Gasteiger partial charge in [-0.05, 0) is 12.3 Å². The van der Waals surface area contributed by atoms with Gasteiger partial charge in [-0.15, -0.1) is 0 Å². The molecule has 0 fully saturated rings. The van der Waals surface area contributed by atoms with Crippen LogP contribution < -0.4 is 27.4 Å². The first-order valence-corrected chi connectivity index (χ1v) is 8.82. The Morgan fingerprint density at radius 1 is 0.828 bits per heavy atom. The molecule has 0 aromatic rings. The zero-order valence-electron chi connectivity index (χ0n) is 16.3. The van der Waals surface area contributed by atoms with Gasteiger partial charge >= 0.3 is 5.97 Å². The third kappa shape index (κ3) is 9.82. The number of aliphatic hydroxyl groups is 2. The van der Waals surface area contributed by atoms with Crippen molar-refractivity contribution >= 4 is 29.6 Å². The van der Waals surface area contributed by atoms with Crippen LogP contribution in [0.25, 0.3) is 0 Å². The van der Waals surface area contributed by atoms with E-state index in [9.17, 15) is 34.2 Å². The zero-order valence-corrected chi connectivity index (χ0v) is 16.3. The molecule has 0 aliphatic heterocycles. The monoisotopic (exact) mass is 419 g/mol. The summed E-state index contributed by atoms with van der Waals surface area (Å²) < 4.78 is 0. The fourth-order valence-corrected chi connectivity index (χ4v) is 2.23. The zero-order chi connectivity index (χ0) is 22.7. The van der Waals surface area contributed by atoms with E-state index in [1.165, 1.54) is 0 Å².